The largest absolute Gasteiger partial charge is 0.486 e. The number of carbonyl (C=O) groups is 1. The number of rotatable bonds is 9. The monoisotopic (exact) mass is 611 g/mol. The Labute approximate surface area is 237 Å². The number of hydrogen-bond acceptors (Lipinski definition) is 8. The number of para-hydroxylation sites is 1. The summed E-state index contributed by atoms with van der Waals surface area (Å²) >= 11 is 1.02. The molecule has 1 aromatic heterocycles. The summed E-state index contributed by atoms with van der Waals surface area (Å²) in [5.41, 5.74) is 0.0756. The van der Waals surface area contributed by atoms with Crippen molar-refractivity contribution in [1.29, 1.82) is 0 Å². The van der Waals surface area contributed by atoms with Crippen LogP contribution in [0.4, 0.5) is 10.1 Å². The molecule has 1 amide bonds. The van der Waals surface area contributed by atoms with Crippen LogP contribution in [0, 0.1) is 11.7 Å². The Bertz CT molecular complexity index is 1560. The van der Waals surface area contributed by atoms with E-state index in [2.05, 4.69) is 4.72 Å². The summed E-state index contributed by atoms with van der Waals surface area (Å²) in [6.45, 7) is 3.11. The molecule has 3 aromatic rings. The second-order valence-electron chi connectivity index (χ2n) is 9.58. The molecule has 4 rings (SSSR count). The van der Waals surface area contributed by atoms with E-state index >= 15 is 0 Å². The molecule has 14 heteroatoms. The van der Waals surface area contributed by atoms with Crippen LogP contribution in [0.15, 0.2) is 69.1 Å². The van der Waals surface area contributed by atoms with Crippen molar-refractivity contribution in [2.24, 2.45) is 5.92 Å². The average molecular weight is 612 g/mol. The third kappa shape index (κ3) is 6.15. The average Bonchev–Trinajstić information content (AvgIpc) is 3.47. The van der Waals surface area contributed by atoms with Gasteiger partial charge in [0, 0.05) is 19.5 Å². The molecule has 10 nitrogen and oxygen atoms in total. The van der Waals surface area contributed by atoms with Crippen LogP contribution in [-0.4, -0.2) is 75.9 Å². The number of sulfonamides is 2. The number of aliphatic hydroxyl groups excluding tert-OH is 1. The van der Waals surface area contributed by atoms with Gasteiger partial charge in [-0.15, -0.1) is 11.3 Å². The summed E-state index contributed by atoms with van der Waals surface area (Å²) in [5, 5.41) is 11.5. The Kier molecular flexibility index (Phi) is 8.85. The number of aliphatic hydroxyl groups is 1. The fourth-order valence-corrected chi connectivity index (χ4v) is 7.53. The molecule has 0 fully saturated rings. The van der Waals surface area contributed by atoms with Crippen LogP contribution < -0.4 is 9.46 Å². The van der Waals surface area contributed by atoms with Crippen molar-refractivity contribution >= 4 is 43.0 Å². The number of anilines is 1. The van der Waals surface area contributed by atoms with E-state index in [1.807, 2.05) is 0 Å². The predicted octanol–water partition coefficient (Wildman–Crippen LogP) is 3.23. The van der Waals surface area contributed by atoms with Gasteiger partial charge in [-0.25, -0.2) is 21.2 Å². The lowest BCUT2D eigenvalue weighted by atomic mass is 9.99. The summed E-state index contributed by atoms with van der Waals surface area (Å²) in [6, 6.07) is 11.4. The molecular weight excluding hydrogens is 581 g/mol. The first-order valence-corrected chi connectivity index (χ1v) is 16.1. The number of fused-ring (bicyclic) bond motifs is 1. The minimum absolute atomic E-state index is 0.0130. The zero-order valence-corrected chi connectivity index (χ0v) is 24.5. The summed E-state index contributed by atoms with van der Waals surface area (Å²) in [7, 11) is -6.68. The molecule has 2 heterocycles. The van der Waals surface area contributed by atoms with E-state index < -0.39 is 49.8 Å². The zero-order chi connectivity index (χ0) is 29.2. The number of amides is 1. The van der Waals surface area contributed by atoms with Gasteiger partial charge >= 0.3 is 0 Å². The minimum Gasteiger partial charge on any atom is -0.486 e. The first kappa shape index (κ1) is 29.9. The minimum atomic E-state index is -4.03. The topological polar surface area (TPSA) is 133 Å². The molecule has 3 atom stereocenters. The number of ether oxygens (including phenoxy) is 1. The fourth-order valence-electron chi connectivity index (χ4n) is 4.29. The number of hydrogen-bond donors (Lipinski definition) is 2. The van der Waals surface area contributed by atoms with Crippen molar-refractivity contribution in [2.45, 2.75) is 35.1 Å². The molecule has 0 unspecified atom stereocenters. The molecule has 0 aliphatic carbocycles. The Morgan fingerprint density at radius 2 is 1.85 bits per heavy atom. The number of halogens is 1. The highest BCUT2D eigenvalue weighted by atomic mass is 32.2. The first-order valence-electron chi connectivity index (χ1n) is 12.3. The van der Waals surface area contributed by atoms with Crippen molar-refractivity contribution < 1.29 is 35.9 Å². The molecule has 1 aliphatic rings. The van der Waals surface area contributed by atoms with E-state index in [-0.39, 0.29) is 45.8 Å². The van der Waals surface area contributed by atoms with Gasteiger partial charge in [0.05, 0.1) is 35.3 Å². The van der Waals surface area contributed by atoms with Crippen molar-refractivity contribution in [3.8, 4) is 5.75 Å². The van der Waals surface area contributed by atoms with Gasteiger partial charge in [-0.3, -0.25) is 9.52 Å². The van der Waals surface area contributed by atoms with Gasteiger partial charge in [0.25, 0.3) is 15.9 Å². The molecular formula is C26H30FN3O7S3. The van der Waals surface area contributed by atoms with E-state index in [0.717, 1.165) is 27.8 Å². The number of nitrogens with one attached hydrogen (secondary N) is 1. The summed E-state index contributed by atoms with van der Waals surface area (Å²) < 4.78 is 75.9. The van der Waals surface area contributed by atoms with E-state index in [1.54, 1.807) is 25.3 Å². The second-order valence-corrected chi connectivity index (χ2v) is 14.5. The van der Waals surface area contributed by atoms with Gasteiger partial charge in [-0.2, -0.15) is 4.31 Å². The molecule has 0 bridgehead atoms. The number of likely N-dealkylation sites (N-methyl/N-ethyl adjacent to an activating group) is 1. The lowest BCUT2D eigenvalue weighted by Gasteiger charge is -2.38. The zero-order valence-electron chi connectivity index (χ0n) is 22.0. The smallest absolute Gasteiger partial charge is 0.271 e. The number of carbonyl (C=O) groups excluding carboxylic acids is 1. The van der Waals surface area contributed by atoms with Gasteiger partial charge in [-0.05, 0) is 54.8 Å². The van der Waals surface area contributed by atoms with Gasteiger partial charge in [0.2, 0.25) is 10.0 Å². The van der Waals surface area contributed by atoms with Crippen molar-refractivity contribution in [2.75, 3.05) is 31.5 Å². The van der Waals surface area contributed by atoms with E-state index in [0.29, 0.717) is 0 Å². The van der Waals surface area contributed by atoms with Crippen LogP contribution in [0.5, 0.6) is 5.75 Å². The maximum atomic E-state index is 13.6. The molecule has 216 valence electrons. The van der Waals surface area contributed by atoms with Crippen LogP contribution in [-0.2, 0) is 20.0 Å². The lowest BCUT2D eigenvalue weighted by molar-refractivity contribution is 0.0389. The highest BCUT2D eigenvalue weighted by Gasteiger charge is 2.36. The van der Waals surface area contributed by atoms with Crippen LogP contribution in [0.1, 0.15) is 24.2 Å². The highest BCUT2D eigenvalue weighted by Crippen LogP contribution is 2.36. The van der Waals surface area contributed by atoms with E-state index in [4.69, 9.17) is 4.74 Å². The highest BCUT2D eigenvalue weighted by molar-refractivity contribution is 7.94. The molecule has 0 saturated carbocycles. The van der Waals surface area contributed by atoms with Crippen molar-refractivity contribution in [3.05, 3.63) is 71.4 Å². The number of thiophene rings is 1. The van der Waals surface area contributed by atoms with Crippen LogP contribution >= 0.6 is 11.3 Å². The molecule has 0 spiro atoms. The standard InChI is InChI=1S/C26H30FN3O7S3/c1-17-14-30(18(2)16-31)26(32)21-6-4-7-22(28-39(33,34)24-8-5-13-38-24)25(21)37-23(17)15-29(3)40(35,36)20-11-9-19(27)10-12-20/h4-13,17-18,23,28,31H,14-16H2,1-3H3/t17-,18+,23+/m1/s1. The summed E-state index contributed by atoms with van der Waals surface area (Å²) in [5.74, 6) is -1.53. The molecule has 2 N–H and O–H groups in total. The maximum Gasteiger partial charge on any atom is 0.271 e. The van der Waals surface area contributed by atoms with E-state index in [9.17, 15) is 31.1 Å². The Hall–Kier alpha value is -3.04. The lowest BCUT2D eigenvalue weighted by Crippen LogP contribution is -2.50. The third-order valence-corrected chi connectivity index (χ3v) is 11.3. The third-order valence-electron chi connectivity index (χ3n) is 6.65. The van der Waals surface area contributed by atoms with Gasteiger partial charge < -0.3 is 14.7 Å². The Balaban J connectivity index is 1.75. The summed E-state index contributed by atoms with van der Waals surface area (Å²) in [6.07, 6.45) is -0.840. The molecule has 0 radical (unpaired) electrons. The first-order chi connectivity index (χ1) is 18.8. The summed E-state index contributed by atoms with van der Waals surface area (Å²) in [4.78, 5) is 15.0. The van der Waals surface area contributed by atoms with Gasteiger partial charge in [0.15, 0.2) is 5.75 Å². The van der Waals surface area contributed by atoms with Gasteiger partial charge in [0.1, 0.15) is 16.1 Å². The van der Waals surface area contributed by atoms with Gasteiger partial charge in [-0.1, -0.05) is 19.1 Å². The van der Waals surface area contributed by atoms with Crippen LogP contribution in [0.2, 0.25) is 0 Å². The Morgan fingerprint density at radius 1 is 1.15 bits per heavy atom. The fraction of sp³-hybridized carbons (Fsp3) is 0.346. The van der Waals surface area contributed by atoms with Crippen molar-refractivity contribution in [1.82, 2.24) is 9.21 Å². The van der Waals surface area contributed by atoms with E-state index in [1.165, 1.54) is 48.3 Å². The second kappa shape index (κ2) is 11.8. The normalized spacial score (nSPS) is 18.9. The molecule has 0 saturated heterocycles. The Morgan fingerprint density at radius 3 is 2.48 bits per heavy atom. The van der Waals surface area contributed by atoms with Crippen LogP contribution in [0.25, 0.3) is 0 Å². The quantitative estimate of drug-likeness (QED) is 0.380. The van der Waals surface area contributed by atoms with Crippen LogP contribution in [0.3, 0.4) is 0 Å². The SMILES string of the molecule is C[C@@H]1CN([C@@H](C)CO)C(=O)c2cccc(NS(=O)(=O)c3cccs3)c2O[C@H]1CN(C)S(=O)(=O)c1ccc(F)cc1. The number of nitrogens with zero attached hydrogens (tertiary/aromatic N) is 2. The number of benzene rings is 2. The maximum absolute atomic E-state index is 13.6. The van der Waals surface area contributed by atoms with Crippen molar-refractivity contribution in [3.63, 3.8) is 0 Å². The molecule has 1 aliphatic heterocycles. The molecule has 2 aromatic carbocycles. The molecule has 40 heavy (non-hydrogen) atoms. The predicted molar refractivity (Wildman–Crippen MR) is 149 cm³/mol.